The Labute approximate surface area is 70.1 Å². The van der Waals surface area contributed by atoms with Crippen molar-refractivity contribution in [1.29, 1.82) is 0 Å². The van der Waals surface area contributed by atoms with Crippen LogP contribution in [0, 0.1) is 5.41 Å². The monoisotopic (exact) mass is 156 g/mol. The highest BCUT2D eigenvalue weighted by atomic mass is 15.1. The van der Waals surface area contributed by atoms with Crippen molar-refractivity contribution >= 4 is 0 Å². The molecule has 0 aliphatic heterocycles. The van der Waals surface area contributed by atoms with Gasteiger partial charge in [-0.15, -0.1) is 0 Å². The molecule has 0 fully saturated rings. The summed E-state index contributed by atoms with van der Waals surface area (Å²) in [6.07, 6.45) is 1.07. The average Bonchev–Trinajstić information content (AvgIpc) is 1.55. The smallest absolute Gasteiger partial charge is 0.0764 e. The molecule has 0 aliphatic carbocycles. The fourth-order valence-electron chi connectivity index (χ4n) is 1.60. The Bertz CT molecular complexity index is 140. The van der Waals surface area contributed by atoms with Crippen molar-refractivity contribution in [2.24, 2.45) is 15.6 Å². The van der Waals surface area contributed by atoms with Gasteiger partial charge in [0.25, 0.3) is 0 Å². The van der Waals surface area contributed by atoms with Gasteiger partial charge in [-0.2, -0.15) is 10.2 Å². The summed E-state index contributed by atoms with van der Waals surface area (Å²) >= 11 is 0. The Balaban J connectivity index is 4.13. The third kappa shape index (κ3) is 6.02. The van der Waals surface area contributed by atoms with Crippen LogP contribution in [0.1, 0.15) is 41.0 Å². The molecule has 0 amide bonds. The summed E-state index contributed by atoms with van der Waals surface area (Å²) in [5, 5.41) is 7.98. The van der Waals surface area contributed by atoms with Gasteiger partial charge in [-0.1, -0.05) is 20.8 Å². The molecule has 0 unspecified atom stereocenters. The van der Waals surface area contributed by atoms with Crippen LogP contribution in [0.15, 0.2) is 10.2 Å². The third-order valence-corrected chi connectivity index (χ3v) is 1.33. The minimum absolute atomic E-state index is 0.00694. The predicted octanol–water partition coefficient (Wildman–Crippen LogP) is 3.28. The van der Waals surface area contributed by atoms with Crippen molar-refractivity contribution in [3.05, 3.63) is 0 Å². The standard InChI is InChI=1S/C9H20N2/c1-8(2,3)7-9(4,5)11-10-6/h7H2,1-6H3. The van der Waals surface area contributed by atoms with Crippen molar-refractivity contribution in [1.82, 2.24) is 0 Å². The van der Waals surface area contributed by atoms with E-state index in [9.17, 15) is 0 Å². The van der Waals surface area contributed by atoms with Crippen molar-refractivity contribution in [3.63, 3.8) is 0 Å². The second-order valence-electron chi connectivity index (χ2n) is 4.85. The number of hydrogen-bond acceptors (Lipinski definition) is 2. The molecule has 66 valence electrons. The van der Waals surface area contributed by atoms with Gasteiger partial charge in [0.1, 0.15) is 0 Å². The van der Waals surface area contributed by atoms with Crippen molar-refractivity contribution in [2.75, 3.05) is 7.05 Å². The summed E-state index contributed by atoms with van der Waals surface area (Å²) in [7, 11) is 1.73. The van der Waals surface area contributed by atoms with Crippen LogP contribution in [0.25, 0.3) is 0 Å². The first-order valence-electron chi connectivity index (χ1n) is 4.08. The molecule has 0 saturated heterocycles. The SMILES string of the molecule is CN=NC(C)(C)CC(C)(C)C. The molecular weight excluding hydrogens is 136 g/mol. The average molecular weight is 156 g/mol. The number of hydrogen-bond donors (Lipinski definition) is 0. The zero-order valence-electron chi connectivity index (χ0n) is 8.60. The van der Waals surface area contributed by atoms with Crippen LogP contribution in [0.4, 0.5) is 0 Å². The Morgan fingerprint density at radius 3 is 1.73 bits per heavy atom. The molecular formula is C9H20N2. The van der Waals surface area contributed by atoms with E-state index >= 15 is 0 Å². The lowest BCUT2D eigenvalue weighted by molar-refractivity contribution is 0.280. The van der Waals surface area contributed by atoms with Gasteiger partial charge >= 0.3 is 0 Å². The van der Waals surface area contributed by atoms with Gasteiger partial charge in [-0.25, -0.2) is 0 Å². The minimum atomic E-state index is -0.00694. The van der Waals surface area contributed by atoms with E-state index in [0.717, 1.165) is 6.42 Å². The van der Waals surface area contributed by atoms with Gasteiger partial charge in [0.2, 0.25) is 0 Å². The van der Waals surface area contributed by atoms with Gasteiger partial charge in [-0.05, 0) is 25.7 Å². The lowest BCUT2D eigenvalue weighted by Gasteiger charge is -2.27. The van der Waals surface area contributed by atoms with Crippen LogP contribution < -0.4 is 0 Å². The minimum Gasteiger partial charge on any atom is -0.197 e. The first kappa shape index (κ1) is 10.6. The number of azo groups is 1. The fourth-order valence-corrected chi connectivity index (χ4v) is 1.60. The van der Waals surface area contributed by atoms with E-state index in [1.807, 2.05) is 0 Å². The molecule has 2 nitrogen and oxygen atoms in total. The molecule has 2 heteroatoms. The van der Waals surface area contributed by atoms with E-state index in [1.165, 1.54) is 0 Å². The van der Waals surface area contributed by atoms with Gasteiger partial charge in [0, 0.05) is 7.05 Å². The highest BCUT2D eigenvalue weighted by Gasteiger charge is 2.24. The maximum absolute atomic E-state index is 4.17. The molecule has 0 aromatic carbocycles. The van der Waals surface area contributed by atoms with E-state index in [4.69, 9.17) is 0 Å². The van der Waals surface area contributed by atoms with Gasteiger partial charge in [0.05, 0.1) is 5.54 Å². The van der Waals surface area contributed by atoms with E-state index < -0.39 is 0 Å². The van der Waals surface area contributed by atoms with Gasteiger partial charge in [0.15, 0.2) is 0 Å². The molecule has 0 aromatic rings. The Morgan fingerprint density at radius 1 is 1.00 bits per heavy atom. The maximum Gasteiger partial charge on any atom is 0.0764 e. The summed E-state index contributed by atoms with van der Waals surface area (Å²) in [5.41, 5.74) is 0.324. The quantitative estimate of drug-likeness (QED) is 0.548. The molecule has 0 rings (SSSR count). The van der Waals surface area contributed by atoms with Crippen LogP contribution in [0.3, 0.4) is 0 Å². The molecule has 0 saturated carbocycles. The molecule has 0 spiro atoms. The summed E-state index contributed by atoms with van der Waals surface area (Å²) in [4.78, 5) is 0. The molecule has 0 aliphatic rings. The van der Waals surface area contributed by atoms with Crippen LogP contribution in [0.2, 0.25) is 0 Å². The lowest BCUT2D eigenvalue weighted by Crippen LogP contribution is -2.24. The highest BCUT2D eigenvalue weighted by Crippen LogP contribution is 2.29. The van der Waals surface area contributed by atoms with Crippen LogP contribution in [0.5, 0.6) is 0 Å². The summed E-state index contributed by atoms with van der Waals surface area (Å²) in [6.45, 7) is 10.9. The van der Waals surface area contributed by atoms with Gasteiger partial charge in [-0.3, -0.25) is 0 Å². The van der Waals surface area contributed by atoms with E-state index in [0.29, 0.717) is 5.41 Å². The van der Waals surface area contributed by atoms with Gasteiger partial charge < -0.3 is 0 Å². The second kappa shape index (κ2) is 3.33. The fraction of sp³-hybridized carbons (Fsp3) is 1.00. The Hall–Kier alpha value is -0.400. The zero-order valence-corrected chi connectivity index (χ0v) is 8.60. The molecule has 0 N–H and O–H groups in total. The van der Waals surface area contributed by atoms with E-state index in [2.05, 4.69) is 44.8 Å². The van der Waals surface area contributed by atoms with Crippen LogP contribution in [-0.2, 0) is 0 Å². The highest BCUT2D eigenvalue weighted by molar-refractivity contribution is 4.81. The summed E-state index contributed by atoms with van der Waals surface area (Å²) in [5.74, 6) is 0. The topological polar surface area (TPSA) is 24.7 Å². The first-order chi connectivity index (χ1) is 4.77. The van der Waals surface area contributed by atoms with Crippen molar-refractivity contribution in [3.8, 4) is 0 Å². The number of nitrogens with zero attached hydrogens (tertiary/aromatic N) is 2. The van der Waals surface area contributed by atoms with Crippen LogP contribution in [-0.4, -0.2) is 12.6 Å². The predicted molar refractivity (Wildman–Crippen MR) is 48.9 cm³/mol. The van der Waals surface area contributed by atoms with Crippen molar-refractivity contribution < 1.29 is 0 Å². The molecule has 11 heavy (non-hydrogen) atoms. The van der Waals surface area contributed by atoms with E-state index in [1.54, 1.807) is 7.05 Å². The molecule has 0 bridgehead atoms. The lowest BCUT2D eigenvalue weighted by atomic mass is 9.82. The third-order valence-electron chi connectivity index (χ3n) is 1.33. The molecule has 0 radical (unpaired) electrons. The van der Waals surface area contributed by atoms with E-state index in [-0.39, 0.29) is 5.54 Å². The van der Waals surface area contributed by atoms with Crippen LogP contribution >= 0.6 is 0 Å². The molecule has 0 aromatic heterocycles. The van der Waals surface area contributed by atoms with Crippen molar-refractivity contribution in [2.45, 2.75) is 46.6 Å². The Morgan fingerprint density at radius 2 is 1.45 bits per heavy atom. The summed E-state index contributed by atoms with van der Waals surface area (Å²) in [6, 6.07) is 0. The first-order valence-corrected chi connectivity index (χ1v) is 4.08. The number of rotatable bonds is 2. The maximum atomic E-state index is 4.17. The molecule has 0 atom stereocenters. The normalized spacial score (nSPS) is 14.4. The zero-order chi connectivity index (χ0) is 9.12. The second-order valence-corrected chi connectivity index (χ2v) is 4.85. The Kier molecular flexibility index (Phi) is 3.21. The summed E-state index contributed by atoms with van der Waals surface area (Å²) < 4.78 is 0. The largest absolute Gasteiger partial charge is 0.197 e. The molecule has 0 heterocycles.